The van der Waals surface area contributed by atoms with E-state index in [1.54, 1.807) is 6.20 Å². The summed E-state index contributed by atoms with van der Waals surface area (Å²) in [5, 5.41) is 0. The Balaban J connectivity index is 2.18. The fourth-order valence-electron chi connectivity index (χ4n) is 2.50. The lowest BCUT2D eigenvalue weighted by Crippen LogP contribution is -2.50. The van der Waals surface area contributed by atoms with Crippen LogP contribution in [0.1, 0.15) is 45.2 Å². The molecule has 19 heavy (non-hydrogen) atoms. The van der Waals surface area contributed by atoms with Gasteiger partial charge in [0.1, 0.15) is 0 Å². The van der Waals surface area contributed by atoms with E-state index in [2.05, 4.69) is 4.98 Å². The standard InChI is InChI=1S/C15H23N3O/c1-15(2,3)13(16)14(19)18-9-5-7-12(18)11-6-4-8-17-10-11/h4,6,8,10,12-13H,5,7,9,16H2,1-3H3/t12?,13-/m0/s1. The first-order chi connectivity index (χ1) is 8.91. The van der Waals surface area contributed by atoms with E-state index in [1.807, 2.05) is 44.0 Å². The van der Waals surface area contributed by atoms with Crippen molar-refractivity contribution in [3.8, 4) is 0 Å². The summed E-state index contributed by atoms with van der Waals surface area (Å²) in [5.74, 6) is 0.0545. The zero-order valence-corrected chi connectivity index (χ0v) is 12.0. The Labute approximate surface area is 115 Å². The summed E-state index contributed by atoms with van der Waals surface area (Å²) in [6.45, 7) is 6.81. The molecule has 1 amide bonds. The normalized spacial score (nSPS) is 21.5. The molecule has 1 aliphatic rings. The molecule has 0 radical (unpaired) electrons. The first-order valence-electron chi connectivity index (χ1n) is 6.87. The lowest BCUT2D eigenvalue weighted by molar-refractivity contribution is -0.135. The number of carbonyl (C=O) groups excluding carboxylic acids is 1. The topological polar surface area (TPSA) is 59.2 Å². The van der Waals surface area contributed by atoms with Crippen LogP contribution in [0.5, 0.6) is 0 Å². The van der Waals surface area contributed by atoms with Gasteiger partial charge in [-0.2, -0.15) is 0 Å². The monoisotopic (exact) mass is 261 g/mol. The molecule has 0 spiro atoms. The van der Waals surface area contributed by atoms with Gasteiger partial charge in [0.2, 0.25) is 5.91 Å². The van der Waals surface area contributed by atoms with Crippen molar-refractivity contribution >= 4 is 5.91 Å². The van der Waals surface area contributed by atoms with Gasteiger partial charge in [0.15, 0.2) is 0 Å². The molecule has 0 aliphatic carbocycles. The molecule has 2 heterocycles. The van der Waals surface area contributed by atoms with Crippen LogP contribution in [0, 0.1) is 5.41 Å². The Morgan fingerprint density at radius 2 is 2.26 bits per heavy atom. The number of amides is 1. The summed E-state index contributed by atoms with van der Waals surface area (Å²) < 4.78 is 0. The van der Waals surface area contributed by atoms with Gasteiger partial charge in [-0.25, -0.2) is 0 Å². The van der Waals surface area contributed by atoms with Crippen molar-refractivity contribution < 1.29 is 4.79 Å². The highest BCUT2D eigenvalue weighted by molar-refractivity contribution is 5.83. The number of hydrogen-bond donors (Lipinski definition) is 1. The maximum Gasteiger partial charge on any atom is 0.240 e. The van der Waals surface area contributed by atoms with Gasteiger partial charge < -0.3 is 10.6 Å². The number of nitrogens with zero attached hydrogens (tertiary/aromatic N) is 2. The third-order valence-electron chi connectivity index (χ3n) is 3.80. The molecule has 0 saturated carbocycles. The molecule has 4 heteroatoms. The maximum atomic E-state index is 12.6. The third kappa shape index (κ3) is 2.95. The van der Waals surface area contributed by atoms with Crippen LogP contribution in [0.25, 0.3) is 0 Å². The Morgan fingerprint density at radius 3 is 2.84 bits per heavy atom. The van der Waals surface area contributed by atoms with Crippen molar-refractivity contribution in [2.24, 2.45) is 11.1 Å². The van der Waals surface area contributed by atoms with Crippen LogP contribution < -0.4 is 5.73 Å². The molecule has 4 nitrogen and oxygen atoms in total. The Hall–Kier alpha value is -1.42. The molecule has 2 N–H and O–H groups in total. The Morgan fingerprint density at radius 1 is 1.53 bits per heavy atom. The molecule has 104 valence electrons. The summed E-state index contributed by atoms with van der Waals surface area (Å²) in [6.07, 6.45) is 5.63. The zero-order chi connectivity index (χ0) is 14.0. The summed E-state index contributed by atoms with van der Waals surface area (Å²) in [6, 6.07) is 3.63. The lowest BCUT2D eigenvalue weighted by Gasteiger charge is -2.33. The number of likely N-dealkylation sites (tertiary alicyclic amines) is 1. The minimum atomic E-state index is -0.454. The van der Waals surface area contributed by atoms with Gasteiger partial charge in [-0.05, 0) is 29.9 Å². The second-order valence-electron chi connectivity index (χ2n) is 6.32. The molecule has 1 aromatic rings. The van der Waals surface area contributed by atoms with Crippen LogP contribution in [-0.2, 0) is 4.79 Å². The summed E-state index contributed by atoms with van der Waals surface area (Å²) in [7, 11) is 0. The van der Waals surface area contributed by atoms with Crippen molar-refractivity contribution in [1.29, 1.82) is 0 Å². The predicted octanol–water partition coefficient (Wildman–Crippen LogP) is 2.12. The third-order valence-corrected chi connectivity index (χ3v) is 3.80. The average Bonchev–Trinajstić information content (AvgIpc) is 2.86. The summed E-state index contributed by atoms with van der Waals surface area (Å²) in [4.78, 5) is 18.6. The van der Waals surface area contributed by atoms with Gasteiger partial charge >= 0.3 is 0 Å². The van der Waals surface area contributed by atoms with Gasteiger partial charge in [-0.1, -0.05) is 26.8 Å². The Kier molecular flexibility index (Phi) is 3.90. The van der Waals surface area contributed by atoms with Crippen molar-refractivity contribution in [1.82, 2.24) is 9.88 Å². The van der Waals surface area contributed by atoms with E-state index in [9.17, 15) is 4.79 Å². The molecule has 1 saturated heterocycles. The number of aromatic nitrogens is 1. The lowest BCUT2D eigenvalue weighted by atomic mass is 9.86. The number of hydrogen-bond acceptors (Lipinski definition) is 3. The molecule has 2 rings (SSSR count). The zero-order valence-electron chi connectivity index (χ0n) is 12.0. The molecule has 1 unspecified atom stereocenters. The highest BCUT2D eigenvalue weighted by Crippen LogP contribution is 2.33. The first-order valence-corrected chi connectivity index (χ1v) is 6.87. The molecule has 1 fully saturated rings. The SMILES string of the molecule is CC(C)(C)[C@@H](N)C(=O)N1CCCC1c1cccnc1. The second-order valence-corrected chi connectivity index (χ2v) is 6.32. The number of nitrogens with two attached hydrogens (primary N) is 1. The fraction of sp³-hybridized carbons (Fsp3) is 0.600. The molecule has 2 atom stereocenters. The molecule has 0 aromatic carbocycles. The summed E-state index contributed by atoms with van der Waals surface area (Å²) in [5.41, 5.74) is 7.00. The number of carbonyl (C=O) groups is 1. The molecular formula is C15H23N3O. The van der Waals surface area contributed by atoms with Crippen molar-refractivity contribution in [2.45, 2.75) is 45.7 Å². The van der Waals surface area contributed by atoms with E-state index in [1.165, 1.54) is 0 Å². The van der Waals surface area contributed by atoms with Crippen LogP contribution in [0.4, 0.5) is 0 Å². The van der Waals surface area contributed by atoms with E-state index in [4.69, 9.17) is 5.73 Å². The largest absolute Gasteiger partial charge is 0.334 e. The molecule has 1 aromatic heterocycles. The minimum Gasteiger partial charge on any atom is -0.334 e. The van der Waals surface area contributed by atoms with E-state index in [-0.39, 0.29) is 17.4 Å². The maximum absolute atomic E-state index is 12.6. The highest BCUT2D eigenvalue weighted by atomic mass is 16.2. The van der Waals surface area contributed by atoms with Gasteiger partial charge in [0.25, 0.3) is 0 Å². The van der Waals surface area contributed by atoms with Gasteiger partial charge in [-0.3, -0.25) is 9.78 Å². The van der Waals surface area contributed by atoms with E-state index >= 15 is 0 Å². The smallest absolute Gasteiger partial charge is 0.240 e. The van der Waals surface area contributed by atoms with Gasteiger partial charge in [-0.15, -0.1) is 0 Å². The first kappa shape index (κ1) is 14.0. The predicted molar refractivity (Wildman–Crippen MR) is 75.4 cm³/mol. The van der Waals surface area contributed by atoms with Crippen LogP contribution in [-0.4, -0.2) is 28.4 Å². The Bertz CT molecular complexity index is 438. The van der Waals surface area contributed by atoms with Crippen LogP contribution in [0.3, 0.4) is 0 Å². The quantitative estimate of drug-likeness (QED) is 0.887. The van der Waals surface area contributed by atoms with Crippen LogP contribution in [0.2, 0.25) is 0 Å². The summed E-state index contributed by atoms with van der Waals surface area (Å²) >= 11 is 0. The van der Waals surface area contributed by atoms with E-state index in [0.29, 0.717) is 0 Å². The molecular weight excluding hydrogens is 238 g/mol. The van der Waals surface area contributed by atoms with E-state index in [0.717, 1.165) is 24.9 Å². The average molecular weight is 261 g/mol. The van der Waals surface area contributed by atoms with Crippen LogP contribution in [0.15, 0.2) is 24.5 Å². The number of pyridine rings is 1. The molecule has 1 aliphatic heterocycles. The van der Waals surface area contributed by atoms with Crippen molar-refractivity contribution in [3.05, 3.63) is 30.1 Å². The second kappa shape index (κ2) is 5.29. The van der Waals surface area contributed by atoms with Crippen molar-refractivity contribution in [3.63, 3.8) is 0 Å². The number of rotatable bonds is 2. The fourth-order valence-corrected chi connectivity index (χ4v) is 2.50. The van der Waals surface area contributed by atoms with Gasteiger partial charge in [0, 0.05) is 18.9 Å². The van der Waals surface area contributed by atoms with Gasteiger partial charge in [0.05, 0.1) is 12.1 Å². The highest BCUT2D eigenvalue weighted by Gasteiger charge is 2.36. The van der Waals surface area contributed by atoms with Crippen LogP contribution >= 0.6 is 0 Å². The minimum absolute atomic E-state index is 0.0545. The van der Waals surface area contributed by atoms with E-state index < -0.39 is 6.04 Å². The van der Waals surface area contributed by atoms with Crippen molar-refractivity contribution in [2.75, 3.05) is 6.54 Å². The molecule has 0 bridgehead atoms.